The summed E-state index contributed by atoms with van der Waals surface area (Å²) in [4.78, 5) is 11.5. The maximum absolute atomic E-state index is 11.5. The van der Waals surface area contributed by atoms with E-state index in [0.717, 1.165) is 12.8 Å². The van der Waals surface area contributed by atoms with Crippen molar-refractivity contribution in [2.24, 2.45) is 11.8 Å². The van der Waals surface area contributed by atoms with Crippen LogP contribution in [0.4, 0.5) is 0 Å². The first-order valence-electron chi connectivity index (χ1n) is 7.50. The molecule has 1 N–H and O–H groups in total. The molecule has 0 spiro atoms. The van der Waals surface area contributed by atoms with Crippen LogP contribution in [0.5, 0.6) is 11.5 Å². The lowest BCUT2D eigenvalue weighted by Crippen LogP contribution is -2.20. The summed E-state index contributed by atoms with van der Waals surface area (Å²) in [6.07, 6.45) is 2.03. The van der Waals surface area contributed by atoms with Gasteiger partial charge in [0.1, 0.15) is 17.4 Å². The van der Waals surface area contributed by atoms with Crippen LogP contribution in [0.2, 0.25) is 0 Å². The van der Waals surface area contributed by atoms with Gasteiger partial charge < -0.3 is 19.0 Å². The molecular weight excluding hydrogens is 284 g/mol. The number of hydrogen-bond acceptors (Lipinski definition) is 4. The molecule has 0 radical (unpaired) electrons. The molecule has 2 aromatic rings. The van der Waals surface area contributed by atoms with E-state index in [1.54, 1.807) is 25.3 Å². The normalized spacial score (nSPS) is 24.6. The second-order valence-electron chi connectivity index (χ2n) is 6.14. The Balaban J connectivity index is 2.05. The molecule has 1 saturated carbocycles. The molecule has 5 heteroatoms. The lowest BCUT2D eigenvalue weighted by molar-refractivity contribution is 0.0651. The Morgan fingerprint density at radius 1 is 1.32 bits per heavy atom. The largest absolute Gasteiger partial charge is 0.497 e. The molecule has 3 unspecified atom stereocenters. The molecule has 22 heavy (non-hydrogen) atoms. The van der Waals surface area contributed by atoms with Crippen LogP contribution < -0.4 is 9.47 Å². The molecule has 0 amide bonds. The fourth-order valence-electron chi connectivity index (χ4n) is 3.27. The summed E-state index contributed by atoms with van der Waals surface area (Å²) in [5, 5.41) is 10.0. The third-order valence-corrected chi connectivity index (χ3v) is 4.36. The smallest absolute Gasteiger partial charge is 0.375 e. The number of furan rings is 1. The molecule has 1 aromatic heterocycles. The highest BCUT2D eigenvalue weighted by Crippen LogP contribution is 2.40. The van der Waals surface area contributed by atoms with Gasteiger partial charge >= 0.3 is 5.97 Å². The molecule has 3 atom stereocenters. The molecule has 1 fully saturated rings. The summed E-state index contributed by atoms with van der Waals surface area (Å²) in [6.45, 7) is 4.33. The minimum atomic E-state index is -1.12. The number of fused-ring (bicyclic) bond motifs is 1. The first-order valence-corrected chi connectivity index (χ1v) is 7.50. The zero-order valence-corrected chi connectivity index (χ0v) is 13.0. The second-order valence-corrected chi connectivity index (χ2v) is 6.14. The number of aromatic carboxylic acids is 1. The van der Waals surface area contributed by atoms with E-state index in [2.05, 4.69) is 13.8 Å². The van der Waals surface area contributed by atoms with E-state index in [1.807, 2.05) is 0 Å². The Hall–Kier alpha value is -2.17. The predicted molar refractivity (Wildman–Crippen MR) is 81.7 cm³/mol. The van der Waals surface area contributed by atoms with Crippen LogP contribution in [-0.4, -0.2) is 24.3 Å². The molecule has 1 aliphatic carbocycles. The Bertz CT molecular complexity index is 702. The van der Waals surface area contributed by atoms with Crippen molar-refractivity contribution in [2.45, 2.75) is 32.8 Å². The Morgan fingerprint density at radius 2 is 2.09 bits per heavy atom. The Morgan fingerprint density at radius 3 is 2.68 bits per heavy atom. The number of carboxylic acids is 1. The predicted octanol–water partition coefficient (Wildman–Crippen LogP) is 3.95. The molecule has 118 valence electrons. The number of carboxylic acid groups (broad SMARTS) is 1. The fourth-order valence-corrected chi connectivity index (χ4v) is 3.27. The van der Waals surface area contributed by atoms with E-state index >= 15 is 0 Å². The standard InChI is InChI=1S/C17H20O5/c1-9-6-10(2)14(7-9)22-15-12-8-11(20-3)4-5-13(12)21-16(15)17(18)19/h4-5,8-10,14H,6-7H2,1-3H3,(H,18,19). The van der Waals surface area contributed by atoms with Crippen molar-refractivity contribution in [1.29, 1.82) is 0 Å². The van der Waals surface area contributed by atoms with Gasteiger partial charge in [-0.1, -0.05) is 13.8 Å². The molecular formula is C17H20O5. The average molecular weight is 304 g/mol. The van der Waals surface area contributed by atoms with Crippen molar-refractivity contribution in [3.05, 3.63) is 24.0 Å². The van der Waals surface area contributed by atoms with Crippen LogP contribution in [0.1, 0.15) is 37.2 Å². The number of methoxy groups -OCH3 is 1. The molecule has 0 bridgehead atoms. The van der Waals surface area contributed by atoms with Gasteiger partial charge in [0.15, 0.2) is 5.75 Å². The van der Waals surface area contributed by atoms with Gasteiger partial charge in [-0.15, -0.1) is 0 Å². The van der Waals surface area contributed by atoms with Crippen molar-refractivity contribution in [1.82, 2.24) is 0 Å². The molecule has 3 rings (SSSR count). The van der Waals surface area contributed by atoms with Crippen LogP contribution in [0.3, 0.4) is 0 Å². The highest BCUT2D eigenvalue weighted by Gasteiger charge is 2.33. The summed E-state index contributed by atoms with van der Waals surface area (Å²) in [7, 11) is 1.57. The summed E-state index contributed by atoms with van der Waals surface area (Å²) >= 11 is 0. The first kappa shape index (κ1) is 14.8. The van der Waals surface area contributed by atoms with Crippen LogP contribution in [0.15, 0.2) is 22.6 Å². The molecule has 0 aliphatic heterocycles. The number of carbonyl (C=O) groups is 1. The van der Waals surface area contributed by atoms with Crippen molar-refractivity contribution in [3.8, 4) is 11.5 Å². The number of hydrogen-bond donors (Lipinski definition) is 1. The monoisotopic (exact) mass is 304 g/mol. The molecule has 1 aliphatic rings. The third-order valence-electron chi connectivity index (χ3n) is 4.36. The summed E-state index contributed by atoms with van der Waals surface area (Å²) in [5.74, 6) is 0.669. The van der Waals surface area contributed by atoms with Crippen molar-refractivity contribution in [3.63, 3.8) is 0 Å². The van der Waals surface area contributed by atoms with E-state index in [1.165, 1.54) is 0 Å². The SMILES string of the molecule is COc1ccc2oc(C(=O)O)c(OC3CC(C)CC3C)c2c1. The Kier molecular flexibility index (Phi) is 3.72. The van der Waals surface area contributed by atoms with Gasteiger partial charge in [-0.2, -0.15) is 0 Å². The van der Waals surface area contributed by atoms with E-state index in [9.17, 15) is 9.90 Å². The summed E-state index contributed by atoms with van der Waals surface area (Å²) in [6, 6.07) is 5.19. The maximum atomic E-state index is 11.5. The molecule has 1 heterocycles. The van der Waals surface area contributed by atoms with Crippen LogP contribution in [-0.2, 0) is 0 Å². The van der Waals surface area contributed by atoms with Gasteiger partial charge in [0, 0.05) is 0 Å². The van der Waals surface area contributed by atoms with Gasteiger partial charge in [-0.3, -0.25) is 0 Å². The molecule has 0 saturated heterocycles. The van der Waals surface area contributed by atoms with Gasteiger partial charge in [-0.05, 0) is 42.9 Å². The van der Waals surface area contributed by atoms with Gasteiger partial charge in [0.2, 0.25) is 0 Å². The van der Waals surface area contributed by atoms with E-state index in [4.69, 9.17) is 13.9 Å². The first-order chi connectivity index (χ1) is 10.5. The maximum Gasteiger partial charge on any atom is 0.375 e. The minimum absolute atomic E-state index is 0.0140. The minimum Gasteiger partial charge on any atom is -0.497 e. The van der Waals surface area contributed by atoms with E-state index in [0.29, 0.717) is 34.3 Å². The van der Waals surface area contributed by atoms with Crippen molar-refractivity contribution >= 4 is 16.9 Å². The van der Waals surface area contributed by atoms with Crippen molar-refractivity contribution < 1.29 is 23.8 Å². The second kappa shape index (κ2) is 5.55. The van der Waals surface area contributed by atoms with E-state index in [-0.39, 0.29) is 11.9 Å². The van der Waals surface area contributed by atoms with Gasteiger partial charge in [0.05, 0.1) is 12.5 Å². The zero-order valence-electron chi connectivity index (χ0n) is 13.0. The topological polar surface area (TPSA) is 68.9 Å². The summed E-state index contributed by atoms with van der Waals surface area (Å²) < 4.78 is 16.7. The number of ether oxygens (including phenoxy) is 2. The zero-order chi connectivity index (χ0) is 15.9. The van der Waals surface area contributed by atoms with Crippen molar-refractivity contribution in [2.75, 3.05) is 7.11 Å². The number of benzene rings is 1. The Labute approximate surface area is 128 Å². The highest BCUT2D eigenvalue weighted by atomic mass is 16.5. The van der Waals surface area contributed by atoms with E-state index < -0.39 is 5.97 Å². The van der Waals surface area contributed by atoms with Crippen LogP contribution >= 0.6 is 0 Å². The quantitative estimate of drug-likeness (QED) is 0.926. The number of rotatable bonds is 4. The van der Waals surface area contributed by atoms with Gasteiger partial charge in [-0.25, -0.2) is 4.79 Å². The lowest BCUT2D eigenvalue weighted by Gasteiger charge is -2.17. The third kappa shape index (κ3) is 2.51. The molecule has 1 aromatic carbocycles. The van der Waals surface area contributed by atoms with Crippen LogP contribution in [0, 0.1) is 11.8 Å². The lowest BCUT2D eigenvalue weighted by atomic mass is 10.1. The van der Waals surface area contributed by atoms with Gasteiger partial charge in [0.25, 0.3) is 5.76 Å². The average Bonchev–Trinajstić information content (AvgIpc) is 2.99. The highest BCUT2D eigenvalue weighted by molar-refractivity contribution is 5.98. The molecule has 5 nitrogen and oxygen atoms in total. The van der Waals surface area contributed by atoms with Crippen LogP contribution in [0.25, 0.3) is 11.0 Å². The fraction of sp³-hybridized carbons (Fsp3) is 0.471. The summed E-state index contributed by atoms with van der Waals surface area (Å²) in [5.41, 5.74) is 0.492.